The Morgan fingerprint density at radius 2 is 2.50 bits per heavy atom. The standard InChI is InChI=1S/C8H14O4/c1-11-8(10)4-6-5-12-3-2-7(6)9/h6-7,9H,2-5H2,1H3/t6-,7+/m0/s1. The summed E-state index contributed by atoms with van der Waals surface area (Å²) in [6, 6.07) is 0. The van der Waals surface area contributed by atoms with Gasteiger partial charge in [-0.1, -0.05) is 0 Å². The average Bonchev–Trinajstić information content (AvgIpc) is 2.09. The summed E-state index contributed by atoms with van der Waals surface area (Å²) in [7, 11) is 1.35. The third-order valence-electron chi connectivity index (χ3n) is 2.09. The van der Waals surface area contributed by atoms with Crippen LogP contribution in [0.5, 0.6) is 0 Å². The van der Waals surface area contributed by atoms with Gasteiger partial charge in [-0.2, -0.15) is 0 Å². The van der Waals surface area contributed by atoms with E-state index in [1.807, 2.05) is 0 Å². The molecule has 0 aromatic heterocycles. The molecule has 2 atom stereocenters. The van der Waals surface area contributed by atoms with Crippen LogP contribution in [0.15, 0.2) is 0 Å². The molecule has 1 aliphatic heterocycles. The summed E-state index contributed by atoms with van der Waals surface area (Å²) in [4.78, 5) is 10.8. The number of hydrogen-bond acceptors (Lipinski definition) is 4. The van der Waals surface area contributed by atoms with E-state index in [1.54, 1.807) is 0 Å². The molecule has 12 heavy (non-hydrogen) atoms. The summed E-state index contributed by atoms with van der Waals surface area (Å²) in [6.07, 6.45) is 0.442. The van der Waals surface area contributed by atoms with E-state index in [0.717, 1.165) is 0 Å². The Kier molecular flexibility index (Phi) is 3.49. The molecule has 1 saturated heterocycles. The number of ether oxygens (including phenoxy) is 2. The largest absolute Gasteiger partial charge is 0.469 e. The molecule has 0 aromatic rings. The molecule has 1 heterocycles. The molecule has 0 amide bonds. The maximum Gasteiger partial charge on any atom is 0.305 e. The number of aliphatic hydroxyl groups excluding tert-OH is 1. The van der Waals surface area contributed by atoms with Gasteiger partial charge < -0.3 is 14.6 Å². The normalized spacial score (nSPS) is 29.8. The lowest BCUT2D eigenvalue weighted by Gasteiger charge is -2.26. The molecule has 0 aromatic carbocycles. The smallest absolute Gasteiger partial charge is 0.305 e. The van der Waals surface area contributed by atoms with Gasteiger partial charge in [0.2, 0.25) is 0 Å². The van der Waals surface area contributed by atoms with E-state index in [1.165, 1.54) is 7.11 Å². The summed E-state index contributed by atoms with van der Waals surface area (Å²) in [5, 5.41) is 9.43. The van der Waals surface area contributed by atoms with E-state index in [-0.39, 0.29) is 18.3 Å². The van der Waals surface area contributed by atoms with Crippen molar-refractivity contribution in [3.05, 3.63) is 0 Å². The fraction of sp³-hybridized carbons (Fsp3) is 0.875. The highest BCUT2D eigenvalue weighted by molar-refractivity contribution is 5.69. The van der Waals surface area contributed by atoms with E-state index >= 15 is 0 Å². The van der Waals surface area contributed by atoms with Crippen LogP contribution in [0.3, 0.4) is 0 Å². The Bertz CT molecular complexity index is 157. The van der Waals surface area contributed by atoms with Gasteiger partial charge in [-0.05, 0) is 6.42 Å². The van der Waals surface area contributed by atoms with Crippen LogP contribution in [0.1, 0.15) is 12.8 Å². The minimum Gasteiger partial charge on any atom is -0.469 e. The first-order chi connectivity index (χ1) is 5.74. The van der Waals surface area contributed by atoms with Crippen molar-refractivity contribution in [2.45, 2.75) is 18.9 Å². The van der Waals surface area contributed by atoms with Gasteiger partial charge in [-0.25, -0.2) is 0 Å². The zero-order valence-electron chi connectivity index (χ0n) is 7.16. The molecular formula is C8H14O4. The van der Waals surface area contributed by atoms with Crippen molar-refractivity contribution in [3.8, 4) is 0 Å². The lowest BCUT2D eigenvalue weighted by Crippen LogP contribution is -2.33. The van der Waals surface area contributed by atoms with Crippen molar-refractivity contribution >= 4 is 5.97 Å². The summed E-state index contributed by atoms with van der Waals surface area (Å²) in [5.41, 5.74) is 0. The Balaban J connectivity index is 2.33. The highest BCUT2D eigenvalue weighted by Crippen LogP contribution is 2.18. The van der Waals surface area contributed by atoms with Crippen LogP contribution < -0.4 is 0 Å². The third kappa shape index (κ3) is 2.46. The van der Waals surface area contributed by atoms with Crippen LogP contribution in [-0.4, -0.2) is 37.5 Å². The van der Waals surface area contributed by atoms with Crippen molar-refractivity contribution in [3.63, 3.8) is 0 Å². The van der Waals surface area contributed by atoms with Crippen LogP contribution in [0.4, 0.5) is 0 Å². The average molecular weight is 174 g/mol. The minimum absolute atomic E-state index is 0.0915. The molecule has 4 heteroatoms. The lowest BCUT2D eigenvalue weighted by atomic mass is 9.95. The zero-order valence-corrected chi connectivity index (χ0v) is 7.16. The molecule has 0 saturated carbocycles. The fourth-order valence-electron chi connectivity index (χ4n) is 1.28. The van der Waals surface area contributed by atoms with Crippen molar-refractivity contribution in [1.82, 2.24) is 0 Å². The molecule has 0 radical (unpaired) electrons. The molecular weight excluding hydrogens is 160 g/mol. The van der Waals surface area contributed by atoms with Crippen molar-refractivity contribution in [2.75, 3.05) is 20.3 Å². The van der Waals surface area contributed by atoms with Gasteiger partial charge in [-0.3, -0.25) is 4.79 Å². The molecule has 70 valence electrons. The molecule has 0 bridgehead atoms. The second-order valence-corrected chi connectivity index (χ2v) is 2.97. The Labute approximate surface area is 71.5 Å². The summed E-state index contributed by atoms with van der Waals surface area (Å²) in [5.74, 6) is -0.379. The molecule has 0 spiro atoms. The Morgan fingerprint density at radius 1 is 1.75 bits per heavy atom. The first-order valence-electron chi connectivity index (χ1n) is 4.06. The molecule has 1 aliphatic rings. The van der Waals surface area contributed by atoms with Crippen molar-refractivity contribution in [2.24, 2.45) is 5.92 Å². The van der Waals surface area contributed by atoms with Crippen LogP contribution >= 0.6 is 0 Å². The van der Waals surface area contributed by atoms with E-state index in [2.05, 4.69) is 4.74 Å². The van der Waals surface area contributed by atoms with Gasteiger partial charge in [0.15, 0.2) is 0 Å². The lowest BCUT2D eigenvalue weighted by molar-refractivity contribution is -0.145. The van der Waals surface area contributed by atoms with E-state index in [9.17, 15) is 9.90 Å². The Morgan fingerprint density at radius 3 is 3.08 bits per heavy atom. The van der Waals surface area contributed by atoms with Crippen LogP contribution in [0, 0.1) is 5.92 Å². The molecule has 0 aliphatic carbocycles. The molecule has 0 unspecified atom stereocenters. The predicted molar refractivity (Wildman–Crippen MR) is 41.6 cm³/mol. The molecule has 1 N–H and O–H groups in total. The number of rotatable bonds is 2. The number of esters is 1. The van der Waals surface area contributed by atoms with Gasteiger partial charge in [-0.15, -0.1) is 0 Å². The SMILES string of the molecule is COC(=O)C[C@H]1COCC[C@H]1O. The van der Waals surface area contributed by atoms with Gasteiger partial charge >= 0.3 is 5.97 Å². The fourth-order valence-corrected chi connectivity index (χ4v) is 1.28. The quantitative estimate of drug-likeness (QED) is 0.596. The zero-order chi connectivity index (χ0) is 8.97. The number of hydrogen-bond donors (Lipinski definition) is 1. The topological polar surface area (TPSA) is 55.8 Å². The third-order valence-corrected chi connectivity index (χ3v) is 2.09. The number of carbonyl (C=O) groups is 1. The molecule has 1 rings (SSSR count). The van der Waals surface area contributed by atoms with Crippen LogP contribution in [-0.2, 0) is 14.3 Å². The number of carbonyl (C=O) groups excluding carboxylic acids is 1. The van der Waals surface area contributed by atoms with Gasteiger partial charge in [0, 0.05) is 12.5 Å². The van der Waals surface area contributed by atoms with Gasteiger partial charge in [0.25, 0.3) is 0 Å². The minimum atomic E-state index is -0.419. The summed E-state index contributed by atoms with van der Waals surface area (Å²) in [6.45, 7) is 1.04. The van der Waals surface area contributed by atoms with E-state index in [4.69, 9.17) is 4.74 Å². The van der Waals surface area contributed by atoms with Crippen LogP contribution in [0.2, 0.25) is 0 Å². The first kappa shape index (κ1) is 9.48. The van der Waals surface area contributed by atoms with E-state index < -0.39 is 6.10 Å². The second kappa shape index (κ2) is 4.42. The highest BCUT2D eigenvalue weighted by atomic mass is 16.5. The Hall–Kier alpha value is -0.610. The maximum atomic E-state index is 10.8. The summed E-state index contributed by atoms with van der Waals surface area (Å²) < 4.78 is 9.63. The molecule has 4 nitrogen and oxygen atoms in total. The van der Waals surface area contributed by atoms with Crippen LogP contribution in [0.25, 0.3) is 0 Å². The highest BCUT2D eigenvalue weighted by Gasteiger charge is 2.26. The first-order valence-corrected chi connectivity index (χ1v) is 4.06. The van der Waals surface area contributed by atoms with Crippen molar-refractivity contribution < 1.29 is 19.4 Å². The summed E-state index contributed by atoms with van der Waals surface area (Å²) >= 11 is 0. The number of aliphatic hydroxyl groups is 1. The second-order valence-electron chi connectivity index (χ2n) is 2.97. The van der Waals surface area contributed by atoms with Gasteiger partial charge in [0.1, 0.15) is 0 Å². The maximum absolute atomic E-state index is 10.8. The van der Waals surface area contributed by atoms with E-state index in [0.29, 0.717) is 19.6 Å². The predicted octanol–water partition coefficient (Wildman–Crippen LogP) is -0.0531. The molecule has 1 fully saturated rings. The van der Waals surface area contributed by atoms with Crippen molar-refractivity contribution in [1.29, 1.82) is 0 Å². The van der Waals surface area contributed by atoms with Gasteiger partial charge in [0.05, 0.1) is 26.2 Å². The monoisotopic (exact) mass is 174 g/mol. The number of methoxy groups -OCH3 is 1.